The average Bonchev–Trinajstić information content (AvgIpc) is 2.23. The summed E-state index contributed by atoms with van der Waals surface area (Å²) in [5.74, 6) is 0. The van der Waals surface area contributed by atoms with Crippen molar-refractivity contribution in [2.75, 3.05) is 11.9 Å². The van der Waals surface area contributed by atoms with Crippen LogP contribution in [-0.2, 0) is 0 Å². The maximum absolute atomic E-state index is 8.91. The highest BCUT2D eigenvalue weighted by molar-refractivity contribution is 5.52. The summed E-state index contributed by atoms with van der Waals surface area (Å²) in [7, 11) is 0. The molecule has 0 amide bonds. The highest BCUT2D eigenvalue weighted by Crippen LogP contribution is 2.20. The lowest BCUT2D eigenvalue weighted by Gasteiger charge is -2.16. The van der Waals surface area contributed by atoms with E-state index in [0.717, 1.165) is 13.0 Å². The van der Waals surface area contributed by atoms with Crippen LogP contribution in [0.15, 0.2) is 18.2 Å². The Labute approximate surface area is 98.3 Å². The van der Waals surface area contributed by atoms with Gasteiger partial charge in [0, 0.05) is 12.2 Å². The van der Waals surface area contributed by atoms with Crippen molar-refractivity contribution in [2.24, 2.45) is 5.41 Å². The van der Waals surface area contributed by atoms with E-state index in [1.807, 2.05) is 13.8 Å². The van der Waals surface area contributed by atoms with Gasteiger partial charge in [-0.1, -0.05) is 12.1 Å². The summed E-state index contributed by atoms with van der Waals surface area (Å²) >= 11 is 0. The topological polar surface area (TPSA) is 35.8 Å². The second kappa shape index (κ2) is 5.03. The minimum Gasteiger partial charge on any atom is -0.385 e. The molecule has 1 rings (SSSR count). The molecule has 2 heteroatoms. The Balaban J connectivity index is 2.56. The molecule has 1 aromatic rings. The number of aryl methyl sites for hydroxylation is 2. The zero-order valence-corrected chi connectivity index (χ0v) is 10.6. The predicted molar refractivity (Wildman–Crippen MR) is 68.4 cm³/mol. The highest BCUT2D eigenvalue weighted by atomic mass is 14.9. The maximum atomic E-state index is 8.91. The van der Waals surface area contributed by atoms with Crippen LogP contribution in [0.3, 0.4) is 0 Å². The number of nitrogens with zero attached hydrogens (tertiary/aromatic N) is 1. The Morgan fingerprint density at radius 3 is 2.62 bits per heavy atom. The van der Waals surface area contributed by atoms with Gasteiger partial charge in [-0.2, -0.15) is 5.26 Å². The first-order valence-electron chi connectivity index (χ1n) is 5.67. The third-order valence-electron chi connectivity index (χ3n) is 2.76. The van der Waals surface area contributed by atoms with Crippen molar-refractivity contribution in [3.63, 3.8) is 0 Å². The standard InChI is InChI=1S/C14H20N2/c1-11-5-6-12(2)13(9-11)16-8-7-14(3,4)10-15/h5-6,9,16H,7-8H2,1-4H3. The Bertz CT molecular complexity index is 400. The lowest BCUT2D eigenvalue weighted by atomic mass is 9.91. The van der Waals surface area contributed by atoms with E-state index in [2.05, 4.69) is 43.4 Å². The molecule has 0 saturated carbocycles. The van der Waals surface area contributed by atoms with Crippen LogP contribution in [0.2, 0.25) is 0 Å². The number of hydrogen-bond acceptors (Lipinski definition) is 2. The Kier molecular flexibility index (Phi) is 3.95. The molecule has 0 aromatic heterocycles. The van der Waals surface area contributed by atoms with Crippen LogP contribution in [0.4, 0.5) is 5.69 Å². The monoisotopic (exact) mass is 216 g/mol. The molecule has 0 spiro atoms. The lowest BCUT2D eigenvalue weighted by molar-refractivity contribution is 0.466. The van der Waals surface area contributed by atoms with Gasteiger partial charge in [0.2, 0.25) is 0 Å². The highest BCUT2D eigenvalue weighted by Gasteiger charge is 2.15. The first-order chi connectivity index (χ1) is 7.44. The van der Waals surface area contributed by atoms with E-state index in [9.17, 15) is 0 Å². The van der Waals surface area contributed by atoms with Crippen LogP contribution < -0.4 is 5.32 Å². The molecule has 86 valence electrons. The van der Waals surface area contributed by atoms with E-state index >= 15 is 0 Å². The number of anilines is 1. The van der Waals surface area contributed by atoms with Gasteiger partial charge in [-0.25, -0.2) is 0 Å². The van der Waals surface area contributed by atoms with Crippen LogP contribution in [0.5, 0.6) is 0 Å². The lowest BCUT2D eigenvalue weighted by Crippen LogP contribution is -2.15. The molecule has 16 heavy (non-hydrogen) atoms. The Morgan fingerprint density at radius 1 is 1.31 bits per heavy atom. The molecule has 0 fully saturated rings. The molecule has 1 aromatic carbocycles. The molecule has 0 atom stereocenters. The third-order valence-corrected chi connectivity index (χ3v) is 2.76. The predicted octanol–water partition coefficient (Wildman–Crippen LogP) is 3.66. The van der Waals surface area contributed by atoms with Crippen molar-refractivity contribution >= 4 is 5.69 Å². The van der Waals surface area contributed by atoms with E-state index in [-0.39, 0.29) is 5.41 Å². The van der Waals surface area contributed by atoms with Crippen molar-refractivity contribution in [3.8, 4) is 6.07 Å². The molecule has 0 bridgehead atoms. The van der Waals surface area contributed by atoms with Gasteiger partial charge >= 0.3 is 0 Å². The van der Waals surface area contributed by atoms with Gasteiger partial charge in [0.05, 0.1) is 11.5 Å². The second-order valence-corrected chi connectivity index (χ2v) is 4.99. The fourth-order valence-corrected chi connectivity index (χ4v) is 1.49. The molecule has 0 radical (unpaired) electrons. The second-order valence-electron chi connectivity index (χ2n) is 4.99. The number of rotatable bonds is 4. The number of benzene rings is 1. The zero-order chi connectivity index (χ0) is 12.2. The molecule has 0 aliphatic carbocycles. The zero-order valence-electron chi connectivity index (χ0n) is 10.6. The maximum Gasteiger partial charge on any atom is 0.0684 e. The van der Waals surface area contributed by atoms with E-state index < -0.39 is 0 Å². The molecule has 0 aliphatic heterocycles. The summed E-state index contributed by atoms with van der Waals surface area (Å²) < 4.78 is 0. The van der Waals surface area contributed by atoms with Gasteiger partial charge in [-0.15, -0.1) is 0 Å². The summed E-state index contributed by atoms with van der Waals surface area (Å²) in [5.41, 5.74) is 3.44. The Hall–Kier alpha value is -1.49. The van der Waals surface area contributed by atoms with Crippen LogP contribution in [0, 0.1) is 30.6 Å². The van der Waals surface area contributed by atoms with Crippen molar-refractivity contribution in [2.45, 2.75) is 34.1 Å². The molecule has 0 saturated heterocycles. The summed E-state index contributed by atoms with van der Waals surface area (Å²) in [4.78, 5) is 0. The fourth-order valence-electron chi connectivity index (χ4n) is 1.49. The van der Waals surface area contributed by atoms with Gasteiger partial charge in [0.1, 0.15) is 0 Å². The van der Waals surface area contributed by atoms with Gasteiger partial charge in [0.15, 0.2) is 0 Å². The molecule has 0 unspecified atom stereocenters. The number of nitriles is 1. The van der Waals surface area contributed by atoms with Crippen molar-refractivity contribution < 1.29 is 0 Å². The van der Waals surface area contributed by atoms with E-state index in [4.69, 9.17) is 5.26 Å². The van der Waals surface area contributed by atoms with Crippen LogP contribution >= 0.6 is 0 Å². The van der Waals surface area contributed by atoms with E-state index in [1.165, 1.54) is 16.8 Å². The minimum absolute atomic E-state index is 0.245. The quantitative estimate of drug-likeness (QED) is 0.833. The largest absolute Gasteiger partial charge is 0.385 e. The van der Waals surface area contributed by atoms with Crippen molar-refractivity contribution in [1.82, 2.24) is 0 Å². The molecule has 0 heterocycles. The number of hydrogen-bond donors (Lipinski definition) is 1. The molecule has 1 N–H and O–H groups in total. The molecule has 2 nitrogen and oxygen atoms in total. The van der Waals surface area contributed by atoms with Crippen LogP contribution in [-0.4, -0.2) is 6.54 Å². The first-order valence-corrected chi connectivity index (χ1v) is 5.67. The molecular formula is C14H20N2. The summed E-state index contributed by atoms with van der Waals surface area (Å²) in [6.07, 6.45) is 0.858. The smallest absolute Gasteiger partial charge is 0.0684 e. The number of nitrogens with one attached hydrogen (secondary N) is 1. The third kappa shape index (κ3) is 3.58. The summed E-state index contributed by atoms with van der Waals surface area (Å²) in [6.45, 7) is 8.96. The average molecular weight is 216 g/mol. The summed E-state index contributed by atoms with van der Waals surface area (Å²) in [6, 6.07) is 8.69. The van der Waals surface area contributed by atoms with Gasteiger partial charge in [-0.3, -0.25) is 0 Å². The first kappa shape index (κ1) is 12.6. The van der Waals surface area contributed by atoms with Crippen LogP contribution in [0.25, 0.3) is 0 Å². The minimum atomic E-state index is -0.245. The van der Waals surface area contributed by atoms with E-state index in [0.29, 0.717) is 0 Å². The summed E-state index contributed by atoms with van der Waals surface area (Å²) in [5, 5.41) is 12.3. The SMILES string of the molecule is Cc1ccc(C)c(NCCC(C)(C)C#N)c1. The Morgan fingerprint density at radius 2 is 2.00 bits per heavy atom. The van der Waals surface area contributed by atoms with E-state index in [1.54, 1.807) is 0 Å². The van der Waals surface area contributed by atoms with Gasteiger partial charge < -0.3 is 5.32 Å². The molecule has 0 aliphatic rings. The fraction of sp³-hybridized carbons (Fsp3) is 0.500. The van der Waals surface area contributed by atoms with Crippen molar-refractivity contribution in [1.29, 1.82) is 5.26 Å². The van der Waals surface area contributed by atoms with Crippen molar-refractivity contribution in [3.05, 3.63) is 29.3 Å². The van der Waals surface area contributed by atoms with Gasteiger partial charge in [-0.05, 0) is 51.3 Å². The normalized spacial score (nSPS) is 10.9. The van der Waals surface area contributed by atoms with Crippen LogP contribution in [0.1, 0.15) is 31.4 Å². The molecular weight excluding hydrogens is 196 g/mol. The van der Waals surface area contributed by atoms with Gasteiger partial charge in [0.25, 0.3) is 0 Å².